The number of ether oxygens (including phenoxy) is 2. The molecule has 46 heavy (non-hydrogen) atoms. The maximum Gasteiger partial charge on any atom is 0.112 e. The van der Waals surface area contributed by atoms with Crippen LogP contribution in [0.2, 0.25) is 0 Å². The summed E-state index contributed by atoms with van der Waals surface area (Å²) in [5.41, 5.74) is 2.19. The van der Waals surface area contributed by atoms with Gasteiger partial charge in [-0.1, -0.05) is 129 Å². The van der Waals surface area contributed by atoms with E-state index < -0.39 is 7.26 Å². The molecule has 0 bridgehead atoms. The molecule has 0 heterocycles. The molecule has 2 atom stereocenters. The van der Waals surface area contributed by atoms with Gasteiger partial charge in [0.2, 0.25) is 0 Å². The quantitative estimate of drug-likeness (QED) is 0.0815. The van der Waals surface area contributed by atoms with Crippen LogP contribution in [0.25, 0.3) is 0 Å². The van der Waals surface area contributed by atoms with Crippen molar-refractivity contribution < 1.29 is 33.5 Å². The third-order valence-corrected chi connectivity index (χ3v) is 13.3. The summed E-state index contributed by atoms with van der Waals surface area (Å²) < 4.78 is 13.0. The maximum atomic E-state index is 6.93. The van der Waals surface area contributed by atoms with Crippen LogP contribution in [0.4, 0.5) is 0 Å². The summed E-state index contributed by atoms with van der Waals surface area (Å²) in [5, 5.41) is 4.28. The van der Waals surface area contributed by atoms with Crippen LogP contribution in [-0.2, 0) is 22.7 Å². The van der Waals surface area contributed by atoms with Crippen molar-refractivity contribution in [1.82, 2.24) is 0 Å². The first-order valence-corrected chi connectivity index (χ1v) is 18.4. The second kappa shape index (κ2) is 18.5. The minimum absolute atomic E-state index is 0. The normalized spacial score (nSPS) is 13.3. The van der Waals surface area contributed by atoms with E-state index in [9.17, 15) is 0 Å². The van der Waals surface area contributed by atoms with Crippen molar-refractivity contribution in [2.45, 2.75) is 58.3 Å². The Morgan fingerprint density at radius 2 is 0.978 bits per heavy atom. The highest BCUT2D eigenvalue weighted by Gasteiger charge is 2.46. The van der Waals surface area contributed by atoms with Crippen LogP contribution in [0, 0.1) is 5.92 Å². The standard InChI is InChI=1S/C42H48O2P.HI/c1-36(33-43-34-37-20-8-3-9-21-37)19-18-30-42(2,44-35-38-22-10-4-11-23-38)31-32-45(39-24-12-5-13-25-39,40-26-14-6-15-27-40)41-28-16-7-17-29-41;/h3-17,20-29,36H,18-19,30-35H2,1-2H3;1H/q+1;/p-1/t36-,42+;/m1./s1. The molecule has 5 rings (SSSR count). The van der Waals surface area contributed by atoms with Gasteiger partial charge in [-0.15, -0.1) is 0 Å². The molecule has 0 saturated carbocycles. The summed E-state index contributed by atoms with van der Waals surface area (Å²) in [5.74, 6) is 0.497. The Labute approximate surface area is 294 Å². The summed E-state index contributed by atoms with van der Waals surface area (Å²) in [7, 11) is -1.94. The van der Waals surface area contributed by atoms with Crippen LogP contribution in [-0.4, -0.2) is 18.4 Å². The third-order valence-electron chi connectivity index (χ3n) is 8.91. The fourth-order valence-electron chi connectivity index (χ4n) is 6.25. The van der Waals surface area contributed by atoms with E-state index in [0.29, 0.717) is 19.1 Å². The third kappa shape index (κ3) is 10.1. The van der Waals surface area contributed by atoms with Crippen LogP contribution in [0.3, 0.4) is 0 Å². The Kier molecular flexibility index (Phi) is 14.5. The monoisotopic (exact) mass is 742 g/mol. The molecule has 0 aliphatic carbocycles. The minimum Gasteiger partial charge on any atom is -1.00 e. The molecule has 0 fully saturated rings. The van der Waals surface area contributed by atoms with E-state index in [-0.39, 0.29) is 29.6 Å². The van der Waals surface area contributed by atoms with Gasteiger partial charge in [0.1, 0.15) is 23.2 Å². The smallest absolute Gasteiger partial charge is 0.112 e. The molecule has 5 aromatic carbocycles. The van der Waals surface area contributed by atoms with E-state index in [1.165, 1.54) is 27.0 Å². The van der Waals surface area contributed by atoms with Gasteiger partial charge < -0.3 is 33.5 Å². The van der Waals surface area contributed by atoms with Gasteiger partial charge in [0.05, 0.1) is 25.0 Å². The van der Waals surface area contributed by atoms with Crippen molar-refractivity contribution in [3.8, 4) is 0 Å². The molecule has 0 aliphatic heterocycles. The average Bonchev–Trinajstić information content (AvgIpc) is 3.10. The van der Waals surface area contributed by atoms with Crippen LogP contribution >= 0.6 is 7.26 Å². The van der Waals surface area contributed by atoms with E-state index in [0.717, 1.165) is 38.5 Å². The first-order chi connectivity index (χ1) is 22.1. The van der Waals surface area contributed by atoms with Crippen molar-refractivity contribution in [2.75, 3.05) is 12.8 Å². The van der Waals surface area contributed by atoms with Crippen molar-refractivity contribution in [1.29, 1.82) is 0 Å². The van der Waals surface area contributed by atoms with Gasteiger partial charge in [-0.05, 0) is 73.2 Å². The summed E-state index contributed by atoms with van der Waals surface area (Å²) in [6.07, 6.45) is 5.27. The largest absolute Gasteiger partial charge is 1.00 e. The zero-order valence-corrected chi connectivity index (χ0v) is 30.4. The topological polar surface area (TPSA) is 18.5 Å². The fraction of sp³-hybridized carbons (Fsp3) is 0.286. The number of halogens is 1. The van der Waals surface area contributed by atoms with Gasteiger partial charge >= 0.3 is 0 Å². The van der Waals surface area contributed by atoms with Crippen molar-refractivity contribution in [3.63, 3.8) is 0 Å². The zero-order chi connectivity index (χ0) is 31.2. The molecule has 2 nitrogen and oxygen atoms in total. The van der Waals surface area contributed by atoms with Crippen molar-refractivity contribution >= 4 is 23.2 Å². The Morgan fingerprint density at radius 1 is 0.565 bits per heavy atom. The van der Waals surface area contributed by atoms with Crippen molar-refractivity contribution in [3.05, 3.63) is 163 Å². The summed E-state index contributed by atoms with van der Waals surface area (Å²) in [4.78, 5) is 0. The highest BCUT2D eigenvalue weighted by Crippen LogP contribution is 2.56. The lowest BCUT2D eigenvalue weighted by Crippen LogP contribution is -3.00. The Balaban J connectivity index is 0.00000480. The van der Waals surface area contributed by atoms with Gasteiger partial charge in [-0.25, -0.2) is 0 Å². The Morgan fingerprint density at radius 3 is 1.43 bits per heavy atom. The molecule has 240 valence electrons. The van der Waals surface area contributed by atoms with E-state index in [1.54, 1.807) is 0 Å². The Bertz CT molecular complexity index is 1420. The van der Waals surface area contributed by atoms with E-state index >= 15 is 0 Å². The molecular weight excluding hydrogens is 694 g/mol. The van der Waals surface area contributed by atoms with Crippen LogP contribution < -0.4 is 39.9 Å². The minimum atomic E-state index is -1.94. The molecular formula is C42H48IO2P. The molecule has 0 N–H and O–H groups in total. The molecule has 0 aliphatic rings. The number of rotatable bonds is 17. The predicted octanol–water partition coefficient (Wildman–Crippen LogP) is 6.37. The van der Waals surface area contributed by atoms with Crippen LogP contribution in [0.1, 0.15) is 50.7 Å². The first kappa shape index (κ1) is 36.0. The zero-order valence-electron chi connectivity index (χ0n) is 27.3. The van der Waals surface area contributed by atoms with Gasteiger partial charge in [-0.3, -0.25) is 0 Å². The molecule has 0 radical (unpaired) electrons. The average molecular weight is 743 g/mol. The molecule has 0 amide bonds. The van der Waals surface area contributed by atoms with Gasteiger partial charge in [0.15, 0.2) is 0 Å². The van der Waals surface area contributed by atoms with Gasteiger partial charge in [0, 0.05) is 13.0 Å². The molecule has 0 unspecified atom stereocenters. The van der Waals surface area contributed by atoms with E-state index in [1.807, 2.05) is 0 Å². The number of benzene rings is 5. The van der Waals surface area contributed by atoms with E-state index in [4.69, 9.17) is 9.47 Å². The van der Waals surface area contributed by atoms with Crippen LogP contribution in [0.5, 0.6) is 0 Å². The van der Waals surface area contributed by atoms with E-state index in [2.05, 4.69) is 166 Å². The lowest BCUT2D eigenvalue weighted by molar-refractivity contribution is -0.0532. The van der Waals surface area contributed by atoms with Crippen molar-refractivity contribution in [2.24, 2.45) is 5.92 Å². The number of hydrogen-bond donors (Lipinski definition) is 0. The second-order valence-electron chi connectivity index (χ2n) is 12.5. The second-order valence-corrected chi connectivity index (χ2v) is 16.1. The highest BCUT2D eigenvalue weighted by molar-refractivity contribution is 7.95. The van der Waals surface area contributed by atoms with Gasteiger partial charge in [-0.2, -0.15) is 0 Å². The molecule has 0 aromatic heterocycles. The lowest BCUT2D eigenvalue weighted by Gasteiger charge is -2.34. The number of hydrogen-bond acceptors (Lipinski definition) is 2. The van der Waals surface area contributed by atoms with Gasteiger partial charge in [0.25, 0.3) is 0 Å². The van der Waals surface area contributed by atoms with Crippen LogP contribution in [0.15, 0.2) is 152 Å². The summed E-state index contributed by atoms with van der Waals surface area (Å²) in [6, 6.07) is 54.7. The summed E-state index contributed by atoms with van der Waals surface area (Å²) in [6.45, 7) is 6.74. The fourth-order valence-corrected chi connectivity index (χ4v) is 10.8. The molecule has 5 aromatic rings. The first-order valence-electron chi connectivity index (χ1n) is 16.4. The molecule has 0 spiro atoms. The SMILES string of the molecule is C[C@H](CCC[C@@](C)(CC[P+](c1ccccc1)(c1ccccc1)c1ccccc1)OCc1ccccc1)COCc1ccccc1.[I-]. The molecule has 0 saturated heterocycles. The maximum absolute atomic E-state index is 6.93. The lowest BCUT2D eigenvalue weighted by atomic mass is 9.93. The molecule has 4 heteroatoms. The highest BCUT2D eigenvalue weighted by atomic mass is 127. The predicted molar refractivity (Wildman–Crippen MR) is 193 cm³/mol. The summed E-state index contributed by atoms with van der Waals surface area (Å²) >= 11 is 0. The Hall–Kier alpha value is -2.82.